The standard InChI is InChI=1S/C25H32ClF3N8O5S/c26-20-7-6-18(16-19(20)25(27,28)29)37-24(38)36(41-43(39,40)42-37)15-10-30-8-5-9-31-21-17-22(34-11-1-2-12-34)33-23(32-21)35-13-3-4-14-35/h6-7,16-17,30H,1-5,8-15H2,(H,31,32,33). The summed E-state index contributed by atoms with van der Waals surface area (Å²) in [7, 11) is -4.76. The third-order valence-electron chi connectivity index (χ3n) is 7.07. The second-order valence-electron chi connectivity index (χ2n) is 10.2. The molecule has 236 valence electrons. The molecule has 3 aliphatic heterocycles. The number of aromatic nitrogens is 2. The molecule has 2 aromatic rings. The molecule has 0 spiro atoms. The van der Waals surface area contributed by atoms with Crippen LogP contribution in [0.5, 0.6) is 0 Å². The Morgan fingerprint density at radius 1 is 0.930 bits per heavy atom. The first-order valence-electron chi connectivity index (χ1n) is 14.0. The lowest BCUT2D eigenvalue weighted by atomic mass is 10.2. The van der Waals surface area contributed by atoms with Gasteiger partial charge in [0.15, 0.2) is 0 Å². The Labute approximate surface area is 252 Å². The van der Waals surface area contributed by atoms with Gasteiger partial charge in [-0.2, -0.15) is 36.6 Å². The number of benzene rings is 1. The number of nitrogens with zero attached hydrogens (tertiary/aromatic N) is 6. The van der Waals surface area contributed by atoms with Crippen LogP contribution in [-0.2, 0) is 25.1 Å². The largest absolute Gasteiger partial charge is 0.442 e. The molecule has 0 atom stereocenters. The lowest BCUT2D eigenvalue weighted by Gasteiger charge is -2.32. The lowest BCUT2D eigenvalue weighted by molar-refractivity contribution is -0.137. The minimum Gasteiger partial charge on any atom is -0.370 e. The summed E-state index contributed by atoms with van der Waals surface area (Å²) in [5.74, 6) is 2.39. The predicted octanol–water partition coefficient (Wildman–Crippen LogP) is 3.79. The van der Waals surface area contributed by atoms with Gasteiger partial charge < -0.3 is 20.4 Å². The van der Waals surface area contributed by atoms with Gasteiger partial charge in [-0.15, -0.1) is 13.6 Å². The number of halogens is 4. The molecule has 18 heteroatoms. The smallest absolute Gasteiger partial charge is 0.370 e. The van der Waals surface area contributed by atoms with E-state index in [2.05, 4.69) is 29.0 Å². The topological polar surface area (TPSA) is 132 Å². The van der Waals surface area contributed by atoms with Crippen LogP contribution in [0.25, 0.3) is 0 Å². The number of urea groups is 1. The van der Waals surface area contributed by atoms with Crippen molar-refractivity contribution in [2.75, 3.05) is 72.5 Å². The highest BCUT2D eigenvalue weighted by atomic mass is 35.5. The Morgan fingerprint density at radius 3 is 2.33 bits per heavy atom. The van der Waals surface area contributed by atoms with Crippen molar-refractivity contribution in [2.24, 2.45) is 0 Å². The van der Waals surface area contributed by atoms with Crippen molar-refractivity contribution < 1.29 is 35.0 Å². The fourth-order valence-corrected chi connectivity index (χ4v) is 5.88. The number of anilines is 4. The van der Waals surface area contributed by atoms with Gasteiger partial charge in [0.05, 0.1) is 22.8 Å². The van der Waals surface area contributed by atoms with Crippen LogP contribution in [0.2, 0.25) is 5.02 Å². The molecule has 3 saturated heterocycles. The summed E-state index contributed by atoms with van der Waals surface area (Å²) < 4.78 is 73.1. The lowest BCUT2D eigenvalue weighted by Crippen LogP contribution is -2.52. The summed E-state index contributed by atoms with van der Waals surface area (Å²) in [4.78, 5) is 26.8. The van der Waals surface area contributed by atoms with E-state index in [4.69, 9.17) is 21.6 Å². The van der Waals surface area contributed by atoms with E-state index in [1.165, 1.54) is 0 Å². The number of carbonyl (C=O) groups is 1. The Balaban J connectivity index is 1.11. The van der Waals surface area contributed by atoms with Crippen molar-refractivity contribution in [3.63, 3.8) is 0 Å². The number of hydrogen-bond acceptors (Lipinski definition) is 11. The molecule has 2 N–H and O–H groups in total. The Hall–Kier alpha value is -3.12. The van der Waals surface area contributed by atoms with Gasteiger partial charge >= 0.3 is 22.6 Å². The normalized spacial score (nSPS) is 19.0. The van der Waals surface area contributed by atoms with Crippen molar-refractivity contribution in [2.45, 2.75) is 38.3 Å². The molecule has 4 heterocycles. The maximum Gasteiger partial charge on any atom is 0.442 e. The molecule has 3 aliphatic rings. The second-order valence-corrected chi connectivity index (χ2v) is 11.8. The van der Waals surface area contributed by atoms with Crippen molar-refractivity contribution >= 4 is 51.3 Å². The van der Waals surface area contributed by atoms with Gasteiger partial charge in [0, 0.05) is 45.3 Å². The van der Waals surface area contributed by atoms with Crippen LogP contribution in [-0.4, -0.2) is 81.8 Å². The number of amides is 2. The van der Waals surface area contributed by atoms with E-state index >= 15 is 0 Å². The van der Waals surface area contributed by atoms with Gasteiger partial charge in [0.25, 0.3) is 0 Å². The van der Waals surface area contributed by atoms with Crippen LogP contribution in [0.4, 0.5) is 41.2 Å². The van der Waals surface area contributed by atoms with Crippen LogP contribution in [0.3, 0.4) is 0 Å². The van der Waals surface area contributed by atoms with E-state index in [9.17, 15) is 26.4 Å². The summed E-state index contributed by atoms with van der Waals surface area (Å²) >= 11 is 5.62. The highest BCUT2D eigenvalue weighted by Crippen LogP contribution is 2.38. The Kier molecular flexibility index (Phi) is 9.65. The van der Waals surface area contributed by atoms with E-state index in [1.807, 2.05) is 6.07 Å². The summed E-state index contributed by atoms with van der Waals surface area (Å²) in [5, 5.41) is 6.52. The van der Waals surface area contributed by atoms with E-state index in [1.54, 1.807) is 0 Å². The molecule has 5 rings (SSSR count). The van der Waals surface area contributed by atoms with Gasteiger partial charge in [-0.25, -0.2) is 4.79 Å². The fraction of sp³-hybridized carbons (Fsp3) is 0.560. The SMILES string of the molecule is O=C1N(CCNCCCNc2cc(N3CCCC3)nc(N3CCCC3)n2)OS(=O)(=O)ON1c1ccc(Cl)c(C(F)(F)F)c1. The van der Waals surface area contributed by atoms with Crippen LogP contribution in [0.1, 0.15) is 37.7 Å². The van der Waals surface area contributed by atoms with Gasteiger partial charge in [0.2, 0.25) is 5.95 Å². The number of hydroxylamine groups is 3. The molecule has 0 radical (unpaired) electrons. The molecule has 0 saturated carbocycles. The first kappa shape index (κ1) is 31.3. The number of hydrogen-bond donors (Lipinski definition) is 2. The second kappa shape index (κ2) is 13.3. The molecule has 0 bridgehead atoms. The van der Waals surface area contributed by atoms with Crippen molar-refractivity contribution in [1.29, 1.82) is 0 Å². The van der Waals surface area contributed by atoms with Crippen LogP contribution in [0.15, 0.2) is 24.3 Å². The summed E-state index contributed by atoms with van der Waals surface area (Å²) in [6.07, 6.45) is 0.369. The number of nitrogens with one attached hydrogen (secondary N) is 2. The summed E-state index contributed by atoms with van der Waals surface area (Å²) in [5.41, 5.74) is -1.74. The van der Waals surface area contributed by atoms with E-state index < -0.39 is 38.9 Å². The highest BCUT2D eigenvalue weighted by molar-refractivity contribution is 7.82. The summed E-state index contributed by atoms with van der Waals surface area (Å²) in [6.45, 7) is 4.84. The molecule has 13 nitrogen and oxygen atoms in total. The molecular weight excluding hydrogens is 617 g/mol. The zero-order valence-corrected chi connectivity index (χ0v) is 24.7. The average molecular weight is 649 g/mol. The van der Waals surface area contributed by atoms with Crippen LogP contribution >= 0.6 is 11.6 Å². The first-order valence-corrected chi connectivity index (χ1v) is 15.7. The van der Waals surface area contributed by atoms with E-state index in [-0.39, 0.29) is 18.2 Å². The van der Waals surface area contributed by atoms with Crippen LogP contribution < -0.4 is 25.5 Å². The highest BCUT2D eigenvalue weighted by Gasteiger charge is 2.40. The van der Waals surface area contributed by atoms with Gasteiger partial charge in [-0.3, -0.25) is 0 Å². The molecule has 0 unspecified atom stereocenters. The molecule has 1 aromatic carbocycles. The minimum absolute atomic E-state index is 0.134. The average Bonchev–Trinajstić information content (AvgIpc) is 3.69. The Morgan fingerprint density at radius 2 is 1.63 bits per heavy atom. The van der Waals surface area contributed by atoms with Crippen molar-refractivity contribution in [3.05, 3.63) is 34.9 Å². The molecule has 3 fully saturated rings. The maximum atomic E-state index is 13.3. The van der Waals surface area contributed by atoms with Gasteiger partial charge in [0.1, 0.15) is 11.6 Å². The number of carbonyl (C=O) groups excluding carboxylic acids is 1. The number of alkyl halides is 3. The zero-order chi connectivity index (χ0) is 30.6. The van der Waals surface area contributed by atoms with Crippen LogP contribution in [0, 0.1) is 0 Å². The molecular formula is C25H32ClF3N8O5S. The monoisotopic (exact) mass is 648 g/mol. The fourth-order valence-electron chi connectivity index (χ4n) is 4.94. The zero-order valence-electron chi connectivity index (χ0n) is 23.1. The molecule has 2 amide bonds. The van der Waals surface area contributed by atoms with Gasteiger partial charge in [-0.1, -0.05) is 11.6 Å². The van der Waals surface area contributed by atoms with Crippen molar-refractivity contribution in [3.8, 4) is 0 Å². The van der Waals surface area contributed by atoms with E-state index in [0.717, 1.165) is 81.6 Å². The maximum absolute atomic E-state index is 13.3. The minimum atomic E-state index is -4.83. The van der Waals surface area contributed by atoms with Gasteiger partial charge in [-0.05, 0) is 56.8 Å². The third-order valence-corrected chi connectivity index (χ3v) is 8.10. The molecule has 43 heavy (non-hydrogen) atoms. The molecule has 0 aliphatic carbocycles. The number of rotatable bonds is 11. The molecule has 1 aromatic heterocycles. The van der Waals surface area contributed by atoms with Crippen molar-refractivity contribution in [1.82, 2.24) is 20.3 Å². The van der Waals surface area contributed by atoms with E-state index in [0.29, 0.717) is 30.6 Å². The summed E-state index contributed by atoms with van der Waals surface area (Å²) in [6, 6.07) is 3.27. The first-order chi connectivity index (χ1) is 20.5. The Bertz CT molecular complexity index is 1370. The third kappa shape index (κ3) is 7.89. The predicted molar refractivity (Wildman–Crippen MR) is 153 cm³/mol. The quantitative estimate of drug-likeness (QED) is 0.345.